The van der Waals surface area contributed by atoms with E-state index < -0.39 is 47.2 Å². The summed E-state index contributed by atoms with van der Waals surface area (Å²) in [5.74, 6) is -1.72. The summed E-state index contributed by atoms with van der Waals surface area (Å²) in [7, 11) is -5.04. The average Bonchev–Trinajstić information content (AvgIpc) is 2.70. The molecule has 0 saturated carbocycles. The Kier molecular flexibility index (Phi) is 18.1. The highest BCUT2D eigenvalue weighted by molar-refractivity contribution is 7.85. The summed E-state index contributed by atoms with van der Waals surface area (Å²) >= 11 is 0. The second-order valence-corrected chi connectivity index (χ2v) is 8.95. The molecule has 0 N–H and O–H groups in total. The summed E-state index contributed by atoms with van der Waals surface area (Å²) in [6, 6.07) is 0. The van der Waals surface area contributed by atoms with Crippen molar-refractivity contribution in [1.29, 1.82) is 0 Å². The van der Waals surface area contributed by atoms with Crippen LogP contribution in [0.25, 0.3) is 0 Å². The molecular weight excluding hydrogens is 429 g/mol. The van der Waals surface area contributed by atoms with Crippen LogP contribution in [0.2, 0.25) is 0 Å². The fourth-order valence-electron chi connectivity index (χ4n) is 3.15. The molecule has 184 valence electrons. The third-order valence-corrected chi connectivity index (χ3v) is 6.38. The Morgan fingerprint density at radius 1 is 0.733 bits per heavy atom. The van der Waals surface area contributed by atoms with Crippen molar-refractivity contribution in [2.45, 2.75) is 90.9 Å². The van der Waals surface area contributed by atoms with Crippen molar-refractivity contribution in [2.24, 2.45) is 0 Å². The van der Waals surface area contributed by atoms with Gasteiger partial charge in [0.05, 0.1) is 48.7 Å². The van der Waals surface area contributed by atoms with Crippen LogP contribution in [0.15, 0.2) is 0 Å². The van der Waals surface area contributed by atoms with Gasteiger partial charge in [0.1, 0.15) is 12.3 Å². The van der Waals surface area contributed by atoms with E-state index in [1.54, 1.807) is 0 Å². The molecule has 0 aliphatic heterocycles. The third kappa shape index (κ3) is 14.5. The number of hydrogen-bond donors (Lipinski definition) is 0. The monoisotopic (exact) mass is 469 g/mol. The first-order chi connectivity index (χ1) is 13.9. The predicted molar refractivity (Wildman–Crippen MR) is 110 cm³/mol. The van der Waals surface area contributed by atoms with Crippen LogP contribution in [0, 0.1) is 0 Å². The van der Waals surface area contributed by atoms with E-state index >= 15 is 0 Å². The minimum atomic E-state index is -5.04. The first kappa shape index (κ1) is 31.7. The topological polar surface area (TPSA) is 57.2 Å². The second-order valence-electron chi connectivity index (χ2n) is 7.50. The van der Waals surface area contributed by atoms with Crippen LogP contribution in [-0.2, 0) is 10.1 Å². The van der Waals surface area contributed by atoms with E-state index in [0.717, 1.165) is 0 Å². The van der Waals surface area contributed by atoms with Gasteiger partial charge in [0.15, 0.2) is 12.3 Å². The molecular formula is C20H40F5NO3S. The third-order valence-electron chi connectivity index (χ3n) is 5.66. The Morgan fingerprint density at radius 2 is 1.13 bits per heavy atom. The molecule has 4 unspecified atom stereocenters. The Hall–Kier alpha value is -0.480. The number of unbranched alkanes of at least 4 members (excludes halogenated alkanes) is 4. The van der Waals surface area contributed by atoms with E-state index in [2.05, 4.69) is 27.7 Å². The number of quaternary nitrogens is 1. The van der Waals surface area contributed by atoms with E-state index in [-0.39, 0.29) is 12.8 Å². The largest absolute Gasteiger partial charge is 0.748 e. The fourth-order valence-corrected chi connectivity index (χ4v) is 3.72. The SMILES string of the molecule is CC[N+](CC)(CC)CC.O=S(=O)([O-])CC(F)C(F)C(F)C(F)CCCCCCCF. The van der Waals surface area contributed by atoms with Gasteiger partial charge in [-0.25, -0.2) is 26.0 Å². The maximum absolute atomic E-state index is 13.3. The van der Waals surface area contributed by atoms with Crippen LogP contribution in [0.4, 0.5) is 22.0 Å². The number of rotatable bonds is 16. The normalized spacial score (nSPS) is 16.3. The summed E-state index contributed by atoms with van der Waals surface area (Å²) in [5.41, 5.74) is 0. The van der Waals surface area contributed by atoms with Crippen LogP contribution in [-0.4, -0.2) is 80.7 Å². The molecule has 0 spiro atoms. The van der Waals surface area contributed by atoms with E-state index in [9.17, 15) is 34.9 Å². The van der Waals surface area contributed by atoms with Crippen molar-refractivity contribution >= 4 is 10.1 Å². The number of nitrogens with zero attached hydrogens (tertiary/aromatic N) is 1. The maximum Gasteiger partial charge on any atom is 0.166 e. The molecule has 4 atom stereocenters. The molecule has 0 amide bonds. The van der Waals surface area contributed by atoms with Crippen molar-refractivity contribution in [3.8, 4) is 0 Å². The number of alkyl halides is 5. The second kappa shape index (κ2) is 17.1. The van der Waals surface area contributed by atoms with Gasteiger partial charge in [0, 0.05) is 0 Å². The van der Waals surface area contributed by atoms with Gasteiger partial charge in [0.2, 0.25) is 0 Å². The quantitative estimate of drug-likeness (QED) is 0.137. The molecule has 0 rings (SSSR count). The van der Waals surface area contributed by atoms with Crippen molar-refractivity contribution in [2.75, 3.05) is 38.6 Å². The Morgan fingerprint density at radius 3 is 1.50 bits per heavy atom. The van der Waals surface area contributed by atoms with Crippen molar-refractivity contribution in [3.63, 3.8) is 0 Å². The standard InChI is InChI=1S/C12H21F5O3S.C8H20N/c13-7-5-3-1-2-4-6-9(14)11(16)12(17)10(15)8-21(18,19)20;1-5-9(6-2,7-3)8-4/h9-12H,1-8H2,(H,18,19,20);5-8H2,1-4H3/q;+1/p-1. The lowest BCUT2D eigenvalue weighted by Crippen LogP contribution is -2.47. The Balaban J connectivity index is 0. The van der Waals surface area contributed by atoms with Crippen LogP contribution in [0.1, 0.15) is 66.2 Å². The molecule has 0 aromatic carbocycles. The molecule has 0 aromatic rings. The van der Waals surface area contributed by atoms with Gasteiger partial charge in [0.25, 0.3) is 0 Å². The fraction of sp³-hybridized carbons (Fsp3) is 1.00. The van der Waals surface area contributed by atoms with Crippen molar-refractivity contribution in [3.05, 3.63) is 0 Å². The zero-order valence-electron chi connectivity index (χ0n) is 18.8. The van der Waals surface area contributed by atoms with Crippen LogP contribution in [0.5, 0.6) is 0 Å². The van der Waals surface area contributed by atoms with E-state index in [4.69, 9.17) is 0 Å². The van der Waals surface area contributed by atoms with Crippen molar-refractivity contribution in [1.82, 2.24) is 0 Å². The minimum Gasteiger partial charge on any atom is -0.748 e. The highest BCUT2D eigenvalue weighted by atomic mass is 32.2. The summed E-state index contributed by atoms with van der Waals surface area (Å²) in [6.45, 7) is 13.8. The summed E-state index contributed by atoms with van der Waals surface area (Å²) < 4.78 is 96.6. The Bertz CT molecular complexity index is 489. The molecule has 0 aliphatic rings. The molecule has 0 radical (unpaired) electrons. The maximum atomic E-state index is 13.3. The predicted octanol–water partition coefficient (Wildman–Crippen LogP) is 5.08. The van der Waals surface area contributed by atoms with Gasteiger partial charge in [-0.3, -0.25) is 4.39 Å². The molecule has 0 bridgehead atoms. The van der Waals surface area contributed by atoms with Crippen molar-refractivity contribution < 1.29 is 39.4 Å². The van der Waals surface area contributed by atoms with Gasteiger partial charge in [-0.15, -0.1) is 0 Å². The van der Waals surface area contributed by atoms with Gasteiger partial charge < -0.3 is 9.04 Å². The van der Waals surface area contributed by atoms with Crippen LogP contribution in [0.3, 0.4) is 0 Å². The first-order valence-electron chi connectivity index (χ1n) is 10.8. The summed E-state index contributed by atoms with van der Waals surface area (Å²) in [6.07, 6.45) is -8.91. The van der Waals surface area contributed by atoms with Gasteiger partial charge >= 0.3 is 0 Å². The lowest BCUT2D eigenvalue weighted by atomic mass is 10.0. The number of hydrogen-bond acceptors (Lipinski definition) is 3. The zero-order valence-corrected chi connectivity index (χ0v) is 19.6. The molecule has 0 saturated heterocycles. The van der Waals surface area contributed by atoms with E-state index in [1.165, 1.54) is 30.7 Å². The molecule has 0 heterocycles. The van der Waals surface area contributed by atoms with E-state index in [0.29, 0.717) is 25.7 Å². The number of halogens is 5. The average molecular weight is 470 g/mol. The van der Waals surface area contributed by atoms with Gasteiger partial charge in [-0.2, -0.15) is 0 Å². The highest BCUT2D eigenvalue weighted by Crippen LogP contribution is 2.22. The molecule has 0 aromatic heterocycles. The summed E-state index contributed by atoms with van der Waals surface area (Å²) in [5, 5.41) is 0. The molecule has 30 heavy (non-hydrogen) atoms. The summed E-state index contributed by atoms with van der Waals surface area (Å²) in [4.78, 5) is 0. The lowest BCUT2D eigenvalue weighted by molar-refractivity contribution is -0.921. The molecule has 0 fully saturated rings. The lowest BCUT2D eigenvalue weighted by Gasteiger charge is -2.34. The van der Waals surface area contributed by atoms with Crippen LogP contribution >= 0.6 is 0 Å². The Labute approximate surface area is 179 Å². The highest BCUT2D eigenvalue weighted by Gasteiger charge is 2.36. The van der Waals surface area contributed by atoms with E-state index in [1.807, 2.05) is 0 Å². The molecule has 0 aliphatic carbocycles. The molecule has 4 nitrogen and oxygen atoms in total. The zero-order chi connectivity index (χ0) is 23.8. The first-order valence-corrected chi connectivity index (χ1v) is 12.4. The van der Waals surface area contributed by atoms with Gasteiger partial charge in [-0.05, 0) is 40.5 Å². The molecule has 10 heteroatoms. The van der Waals surface area contributed by atoms with Crippen LogP contribution < -0.4 is 0 Å². The smallest absolute Gasteiger partial charge is 0.166 e. The minimum absolute atomic E-state index is 0.234. The van der Waals surface area contributed by atoms with Gasteiger partial charge in [-0.1, -0.05) is 25.7 Å².